The summed E-state index contributed by atoms with van der Waals surface area (Å²) in [6.45, 7) is 2.92. The van der Waals surface area contributed by atoms with Crippen LogP contribution >= 0.6 is 0 Å². The van der Waals surface area contributed by atoms with Gasteiger partial charge in [-0.1, -0.05) is 11.2 Å². The molecule has 20 heavy (non-hydrogen) atoms. The zero-order valence-corrected chi connectivity index (χ0v) is 11.5. The molecule has 2 rings (SSSR count). The highest BCUT2D eigenvalue weighted by atomic mass is 32.2. The maximum atomic E-state index is 13.4. The molecular formula is C12H10FN3O3S. The van der Waals surface area contributed by atoms with Crippen molar-refractivity contribution in [1.29, 1.82) is 5.26 Å². The molecule has 1 aromatic heterocycles. The quantitative estimate of drug-likeness (QED) is 0.935. The molecule has 0 aliphatic rings. The Balaban J connectivity index is 2.50. The second-order valence-electron chi connectivity index (χ2n) is 4.03. The van der Waals surface area contributed by atoms with E-state index in [-0.39, 0.29) is 27.6 Å². The van der Waals surface area contributed by atoms with E-state index < -0.39 is 15.8 Å². The highest BCUT2D eigenvalue weighted by Gasteiger charge is 2.25. The minimum Gasteiger partial charge on any atom is -0.360 e. The molecule has 0 spiro atoms. The molecule has 0 unspecified atom stereocenters. The molecule has 8 heteroatoms. The van der Waals surface area contributed by atoms with Crippen molar-refractivity contribution in [3.63, 3.8) is 0 Å². The summed E-state index contributed by atoms with van der Waals surface area (Å²) in [4.78, 5) is -0.120. The first-order chi connectivity index (χ1) is 9.36. The first-order valence-corrected chi connectivity index (χ1v) is 6.99. The van der Waals surface area contributed by atoms with Crippen LogP contribution in [0.5, 0.6) is 0 Å². The van der Waals surface area contributed by atoms with Crippen LogP contribution in [0, 0.1) is 31.0 Å². The van der Waals surface area contributed by atoms with Crippen molar-refractivity contribution in [2.75, 3.05) is 4.72 Å². The Labute approximate surface area is 114 Å². The molecule has 0 aliphatic heterocycles. The van der Waals surface area contributed by atoms with Gasteiger partial charge in [-0.05, 0) is 26.0 Å². The van der Waals surface area contributed by atoms with Gasteiger partial charge in [-0.2, -0.15) is 5.26 Å². The standard InChI is InChI=1S/C12H10FN3O3S/c1-7-12(8(2)19-15-7)20(17,18)16-11-5-3-4-10(13)9(11)6-14/h3-5,16H,1-2H3. The fourth-order valence-electron chi connectivity index (χ4n) is 1.78. The van der Waals surface area contributed by atoms with Crippen LogP contribution in [0.25, 0.3) is 0 Å². The second kappa shape index (κ2) is 4.94. The summed E-state index contributed by atoms with van der Waals surface area (Å²) in [7, 11) is -4.00. The van der Waals surface area contributed by atoms with Crippen LogP contribution in [0.1, 0.15) is 17.0 Å². The number of aromatic nitrogens is 1. The Morgan fingerprint density at radius 1 is 1.40 bits per heavy atom. The maximum absolute atomic E-state index is 13.4. The summed E-state index contributed by atoms with van der Waals surface area (Å²) < 4.78 is 44.9. The molecule has 0 atom stereocenters. The average Bonchev–Trinajstić information content (AvgIpc) is 2.69. The van der Waals surface area contributed by atoms with Gasteiger partial charge in [0.1, 0.15) is 23.1 Å². The molecule has 1 N–H and O–H groups in total. The molecule has 0 saturated heterocycles. The van der Waals surface area contributed by atoms with Crippen LogP contribution in [0.4, 0.5) is 10.1 Å². The lowest BCUT2D eigenvalue weighted by molar-refractivity contribution is 0.390. The van der Waals surface area contributed by atoms with Crippen LogP contribution < -0.4 is 4.72 Å². The van der Waals surface area contributed by atoms with Gasteiger partial charge in [0.05, 0.1) is 5.69 Å². The lowest BCUT2D eigenvalue weighted by Gasteiger charge is -2.09. The van der Waals surface area contributed by atoms with Crippen LogP contribution in [-0.4, -0.2) is 13.6 Å². The van der Waals surface area contributed by atoms with Crippen LogP contribution in [0.3, 0.4) is 0 Å². The number of nitrogens with one attached hydrogen (secondary N) is 1. The topological polar surface area (TPSA) is 96.0 Å². The Bertz CT molecular complexity index is 786. The van der Waals surface area contributed by atoms with Crippen LogP contribution in [0.15, 0.2) is 27.6 Å². The van der Waals surface area contributed by atoms with E-state index in [2.05, 4.69) is 9.88 Å². The molecule has 0 radical (unpaired) electrons. The fourth-order valence-corrected chi connectivity index (χ4v) is 3.18. The normalized spacial score (nSPS) is 11.1. The van der Waals surface area contributed by atoms with Crippen molar-refractivity contribution in [2.24, 2.45) is 0 Å². The lowest BCUT2D eigenvalue weighted by Crippen LogP contribution is -2.15. The van der Waals surface area contributed by atoms with Gasteiger partial charge in [0.25, 0.3) is 10.0 Å². The van der Waals surface area contributed by atoms with E-state index in [9.17, 15) is 12.8 Å². The van der Waals surface area contributed by atoms with Gasteiger partial charge in [0.2, 0.25) is 0 Å². The Morgan fingerprint density at radius 2 is 2.10 bits per heavy atom. The first-order valence-electron chi connectivity index (χ1n) is 5.51. The van der Waals surface area contributed by atoms with Gasteiger partial charge < -0.3 is 4.52 Å². The lowest BCUT2D eigenvalue weighted by atomic mass is 10.2. The highest BCUT2D eigenvalue weighted by Crippen LogP contribution is 2.25. The van der Waals surface area contributed by atoms with Gasteiger partial charge in [0, 0.05) is 0 Å². The van der Waals surface area contributed by atoms with E-state index in [0.29, 0.717) is 0 Å². The summed E-state index contributed by atoms with van der Waals surface area (Å²) in [5.41, 5.74) is -0.319. The number of halogens is 1. The number of nitrogens with zero attached hydrogens (tertiary/aromatic N) is 2. The zero-order chi connectivity index (χ0) is 14.9. The van der Waals surface area contributed by atoms with Crippen LogP contribution in [-0.2, 0) is 10.0 Å². The third-order valence-corrected chi connectivity index (χ3v) is 4.22. The molecule has 0 saturated carbocycles. The van der Waals surface area contributed by atoms with Crippen molar-refractivity contribution in [3.05, 3.63) is 41.0 Å². The van der Waals surface area contributed by atoms with E-state index in [1.807, 2.05) is 0 Å². The number of rotatable bonds is 3. The third kappa shape index (κ3) is 2.35. The molecule has 1 aromatic carbocycles. The van der Waals surface area contributed by atoms with Gasteiger partial charge in [0.15, 0.2) is 10.7 Å². The van der Waals surface area contributed by atoms with Crippen molar-refractivity contribution < 1.29 is 17.3 Å². The highest BCUT2D eigenvalue weighted by molar-refractivity contribution is 7.92. The van der Waals surface area contributed by atoms with Gasteiger partial charge in [-0.3, -0.25) is 4.72 Å². The Morgan fingerprint density at radius 3 is 2.65 bits per heavy atom. The predicted octanol–water partition coefficient (Wildman–Crippen LogP) is 2.10. The van der Waals surface area contributed by atoms with E-state index in [1.54, 1.807) is 6.07 Å². The van der Waals surface area contributed by atoms with Gasteiger partial charge >= 0.3 is 0 Å². The van der Waals surface area contributed by atoms with Crippen molar-refractivity contribution in [2.45, 2.75) is 18.7 Å². The largest absolute Gasteiger partial charge is 0.360 e. The monoisotopic (exact) mass is 295 g/mol. The second-order valence-corrected chi connectivity index (χ2v) is 5.65. The molecule has 0 fully saturated rings. The van der Waals surface area contributed by atoms with E-state index in [1.165, 1.54) is 26.0 Å². The van der Waals surface area contributed by atoms with E-state index in [4.69, 9.17) is 9.78 Å². The summed E-state index contributed by atoms with van der Waals surface area (Å²) in [6, 6.07) is 5.31. The zero-order valence-electron chi connectivity index (χ0n) is 10.6. The van der Waals surface area contributed by atoms with E-state index >= 15 is 0 Å². The summed E-state index contributed by atoms with van der Waals surface area (Å²) in [5, 5.41) is 12.4. The molecule has 0 bridgehead atoms. The summed E-state index contributed by atoms with van der Waals surface area (Å²) in [5.74, 6) is -0.684. The smallest absolute Gasteiger partial charge is 0.267 e. The van der Waals surface area contributed by atoms with Gasteiger partial charge in [-0.15, -0.1) is 0 Å². The van der Waals surface area contributed by atoms with Crippen molar-refractivity contribution >= 4 is 15.7 Å². The number of benzene rings is 1. The number of nitriles is 1. The Kier molecular flexibility index (Phi) is 3.46. The van der Waals surface area contributed by atoms with E-state index in [0.717, 1.165) is 6.07 Å². The number of hydrogen-bond donors (Lipinski definition) is 1. The van der Waals surface area contributed by atoms with Crippen LogP contribution in [0.2, 0.25) is 0 Å². The Hall–Kier alpha value is -2.40. The minimum atomic E-state index is -4.00. The average molecular weight is 295 g/mol. The molecule has 2 aromatic rings. The minimum absolute atomic E-state index is 0.116. The molecule has 0 amide bonds. The maximum Gasteiger partial charge on any atom is 0.267 e. The SMILES string of the molecule is Cc1noc(C)c1S(=O)(=O)Nc1cccc(F)c1C#N. The third-order valence-electron chi connectivity index (χ3n) is 2.61. The first kappa shape index (κ1) is 14.0. The molecule has 6 nitrogen and oxygen atoms in total. The van der Waals surface area contributed by atoms with Gasteiger partial charge in [-0.25, -0.2) is 12.8 Å². The molecule has 104 valence electrons. The number of sulfonamides is 1. The summed E-state index contributed by atoms with van der Waals surface area (Å²) in [6.07, 6.45) is 0. The number of hydrogen-bond acceptors (Lipinski definition) is 5. The molecular weight excluding hydrogens is 285 g/mol. The molecule has 0 aliphatic carbocycles. The number of aryl methyl sites for hydroxylation is 2. The van der Waals surface area contributed by atoms with Crippen molar-refractivity contribution in [3.8, 4) is 6.07 Å². The van der Waals surface area contributed by atoms with Crippen molar-refractivity contribution in [1.82, 2.24) is 5.16 Å². The summed E-state index contributed by atoms with van der Waals surface area (Å²) >= 11 is 0. The fraction of sp³-hybridized carbons (Fsp3) is 0.167. The predicted molar refractivity (Wildman–Crippen MR) is 67.9 cm³/mol. The molecule has 1 heterocycles. The number of anilines is 1.